The fourth-order valence-electron chi connectivity index (χ4n) is 2.74. The molecule has 0 aliphatic carbocycles. The fraction of sp³-hybridized carbons (Fsp3) is 0.312. The Morgan fingerprint density at radius 1 is 1.16 bits per heavy atom. The maximum Gasteiger partial charge on any atom is 0.263 e. The van der Waals surface area contributed by atoms with Crippen molar-refractivity contribution < 1.29 is 16.8 Å². The van der Waals surface area contributed by atoms with Crippen molar-refractivity contribution >= 4 is 31.4 Å². The van der Waals surface area contributed by atoms with Gasteiger partial charge >= 0.3 is 0 Å². The lowest BCUT2D eigenvalue weighted by atomic mass is 10.2. The van der Waals surface area contributed by atoms with E-state index in [1.807, 2.05) is 11.9 Å². The number of nitrogens with one attached hydrogen (secondary N) is 1. The van der Waals surface area contributed by atoms with Crippen LogP contribution in [-0.4, -0.2) is 46.4 Å². The third-order valence-electron chi connectivity index (χ3n) is 4.20. The fourth-order valence-corrected chi connectivity index (χ4v) is 5.55. The van der Waals surface area contributed by atoms with E-state index in [1.54, 1.807) is 30.3 Å². The number of sulfonamides is 1. The zero-order valence-electron chi connectivity index (χ0n) is 13.7. The number of anilines is 2. The Morgan fingerprint density at radius 3 is 2.44 bits per heavy atom. The van der Waals surface area contributed by atoms with Gasteiger partial charge in [-0.25, -0.2) is 21.8 Å². The Balaban J connectivity index is 1.72. The summed E-state index contributed by atoms with van der Waals surface area (Å²) in [5.41, 5.74) is 0.741. The number of hydrogen-bond acceptors (Lipinski definition) is 6. The first-order chi connectivity index (χ1) is 11.8. The second-order valence-electron chi connectivity index (χ2n) is 5.99. The lowest BCUT2D eigenvalue weighted by Crippen LogP contribution is -2.32. The molecule has 25 heavy (non-hydrogen) atoms. The Morgan fingerprint density at radius 2 is 1.88 bits per heavy atom. The molecule has 2 heterocycles. The van der Waals surface area contributed by atoms with Crippen molar-refractivity contribution in [3.63, 3.8) is 0 Å². The molecule has 1 saturated heterocycles. The van der Waals surface area contributed by atoms with E-state index in [0.29, 0.717) is 6.42 Å². The van der Waals surface area contributed by atoms with Crippen LogP contribution in [0.4, 0.5) is 11.5 Å². The number of rotatable bonds is 5. The molecule has 3 rings (SSSR count). The number of nitrogens with zero attached hydrogens (tertiary/aromatic N) is 2. The predicted octanol–water partition coefficient (Wildman–Crippen LogP) is 1.51. The summed E-state index contributed by atoms with van der Waals surface area (Å²) in [4.78, 5) is 6.17. The summed E-state index contributed by atoms with van der Waals surface area (Å²) >= 11 is 0. The minimum absolute atomic E-state index is 0.0846. The van der Waals surface area contributed by atoms with Gasteiger partial charge in [-0.3, -0.25) is 4.72 Å². The van der Waals surface area contributed by atoms with Gasteiger partial charge in [0, 0.05) is 13.1 Å². The molecule has 1 N–H and O–H groups in total. The molecular weight excluding hydrogens is 362 g/mol. The molecule has 0 bridgehead atoms. The first kappa shape index (κ1) is 17.7. The SMILES string of the molecule is CN(c1ccc(NS(=O)(=O)c2ccccc2)nc1)C1CCS(=O)(=O)C1. The van der Waals surface area contributed by atoms with Crippen LogP contribution >= 0.6 is 0 Å². The largest absolute Gasteiger partial charge is 0.369 e. The number of sulfone groups is 1. The Bertz CT molecular complexity index is 943. The molecule has 2 aromatic rings. The van der Waals surface area contributed by atoms with Crippen LogP contribution in [0.2, 0.25) is 0 Å². The molecule has 7 nitrogen and oxygen atoms in total. The zero-order chi connectivity index (χ0) is 18.1. The molecule has 0 spiro atoms. The van der Waals surface area contributed by atoms with Gasteiger partial charge < -0.3 is 4.90 Å². The summed E-state index contributed by atoms with van der Waals surface area (Å²) in [5, 5.41) is 0. The second kappa shape index (κ2) is 6.64. The van der Waals surface area contributed by atoms with Crippen LogP contribution in [0, 0.1) is 0 Å². The van der Waals surface area contributed by atoms with Gasteiger partial charge in [0.1, 0.15) is 5.82 Å². The van der Waals surface area contributed by atoms with Crippen LogP contribution in [0.1, 0.15) is 6.42 Å². The highest BCUT2D eigenvalue weighted by molar-refractivity contribution is 7.92. The smallest absolute Gasteiger partial charge is 0.263 e. The number of aromatic nitrogens is 1. The molecule has 1 fully saturated rings. The molecule has 134 valence electrons. The molecule has 1 aliphatic heterocycles. The molecule has 0 amide bonds. The minimum atomic E-state index is -3.68. The van der Waals surface area contributed by atoms with E-state index < -0.39 is 19.9 Å². The molecule has 1 unspecified atom stereocenters. The summed E-state index contributed by atoms with van der Waals surface area (Å²) in [5.74, 6) is 0.538. The van der Waals surface area contributed by atoms with Gasteiger partial charge in [-0.1, -0.05) is 18.2 Å². The quantitative estimate of drug-likeness (QED) is 0.843. The number of benzene rings is 1. The third-order valence-corrected chi connectivity index (χ3v) is 7.32. The average Bonchev–Trinajstić information content (AvgIpc) is 2.95. The highest BCUT2D eigenvalue weighted by Crippen LogP contribution is 2.23. The van der Waals surface area contributed by atoms with Gasteiger partial charge in [-0.05, 0) is 30.7 Å². The van der Waals surface area contributed by atoms with Gasteiger partial charge in [-0.2, -0.15) is 0 Å². The van der Waals surface area contributed by atoms with E-state index in [-0.39, 0.29) is 28.3 Å². The molecule has 1 atom stereocenters. The standard InChI is InChI=1S/C16H19N3O4S2/c1-19(14-9-10-24(20,21)12-14)13-7-8-16(17-11-13)18-25(22,23)15-5-3-2-4-6-15/h2-8,11,14H,9-10,12H2,1H3,(H,17,18). The topological polar surface area (TPSA) is 96.4 Å². The van der Waals surface area contributed by atoms with E-state index in [9.17, 15) is 16.8 Å². The van der Waals surface area contributed by atoms with Crippen molar-refractivity contribution in [2.24, 2.45) is 0 Å². The van der Waals surface area contributed by atoms with Crippen molar-refractivity contribution in [3.8, 4) is 0 Å². The molecule has 9 heteroatoms. The maximum absolute atomic E-state index is 12.3. The lowest BCUT2D eigenvalue weighted by Gasteiger charge is -2.25. The number of pyridine rings is 1. The summed E-state index contributed by atoms with van der Waals surface area (Å²) in [6.07, 6.45) is 2.12. The number of hydrogen-bond donors (Lipinski definition) is 1. The van der Waals surface area contributed by atoms with Crippen molar-refractivity contribution in [2.75, 3.05) is 28.2 Å². The first-order valence-corrected chi connectivity index (χ1v) is 11.0. The molecule has 1 aliphatic rings. The molecule has 0 radical (unpaired) electrons. The van der Waals surface area contributed by atoms with Crippen LogP contribution in [0.15, 0.2) is 53.6 Å². The monoisotopic (exact) mass is 381 g/mol. The van der Waals surface area contributed by atoms with Crippen molar-refractivity contribution in [1.29, 1.82) is 0 Å². The van der Waals surface area contributed by atoms with Crippen LogP contribution < -0.4 is 9.62 Å². The molecule has 1 aromatic carbocycles. The predicted molar refractivity (Wildman–Crippen MR) is 96.9 cm³/mol. The zero-order valence-corrected chi connectivity index (χ0v) is 15.3. The Kier molecular flexibility index (Phi) is 4.70. The van der Waals surface area contributed by atoms with E-state index >= 15 is 0 Å². The summed E-state index contributed by atoms with van der Waals surface area (Å²) in [6, 6.07) is 11.3. The highest BCUT2D eigenvalue weighted by Gasteiger charge is 2.30. The normalized spacial score (nSPS) is 19.5. The van der Waals surface area contributed by atoms with Gasteiger partial charge in [-0.15, -0.1) is 0 Å². The van der Waals surface area contributed by atoms with Gasteiger partial charge in [0.2, 0.25) is 0 Å². The van der Waals surface area contributed by atoms with Crippen LogP contribution in [0.5, 0.6) is 0 Å². The first-order valence-electron chi connectivity index (χ1n) is 7.74. The van der Waals surface area contributed by atoms with Gasteiger partial charge in [0.05, 0.1) is 28.3 Å². The van der Waals surface area contributed by atoms with Crippen molar-refractivity contribution in [3.05, 3.63) is 48.7 Å². The second-order valence-corrected chi connectivity index (χ2v) is 9.90. The summed E-state index contributed by atoms with van der Waals surface area (Å²) < 4.78 is 50.2. The van der Waals surface area contributed by atoms with Gasteiger partial charge in [0.15, 0.2) is 9.84 Å². The third kappa shape index (κ3) is 4.10. The molecule has 1 aromatic heterocycles. The molecular formula is C16H19N3O4S2. The lowest BCUT2D eigenvalue weighted by molar-refractivity contribution is 0.599. The average molecular weight is 381 g/mol. The maximum atomic E-state index is 12.3. The minimum Gasteiger partial charge on any atom is -0.369 e. The van der Waals surface area contributed by atoms with E-state index in [2.05, 4.69) is 9.71 Å². The van der Waals surface area contributed by atoms with Crippen molar-refractivity contribution in [1.82, 2.24) is 4.98 Å². The Labute approximate surface area is 147 Å². The Hall–Kier alpha value is -2.13. The van der Waals surface area contributed by atoms with E-state index in [0.717, 1.165) is 5.69 Å². The molecule has 0 saturated carbocycles. The van der Waals surface area contributed by atoms with Crippen LogP contribution in [0.3, 0.4) is 0 Å². The highest BCUT2D eigenvalue weighted by atomic mass is 32.2. The van der Waals surface area contributed by atoms with Gasteiger partial charge in [0.25, 0.3) is 10.0 Å². The van der Waals surface area contributed by atoms with Crippen molar-refractivity contribution in [2.45, 2.75) is 17.4 Å². The summed E-state index contributed by atoms with van der Waals surface area (Å²) in [6.45, 7) is 0. The van der Waals surface area contributed by atoms with Crippen LogP contribution in [-0.2, 0) is 19.9 Å². The van der Waals surface area contributed by atoms with E-state index in [4.69, 9.17) is 0 Å². The van der Waals surface area contributed by atoms with E-state index in [1.165, 1.54) is 18.3 Å². The summed E-state index contributed by atoms with van der Waals surface area (Å²) in [7, 11) is -4.83. The van der Waals surface area contributed by atoms with Crippen LogP contribution in [0.25, 0.3) is 0 Å².